The van der Waals surface area contributed by atoms with Crippen LogP contribution < -0.4 is 5.32 Å². The lowest BCUT2D eigenvalue weighted by Gasteiger charge is -2.26. The molecule has 0 atom stereocenters. The number of nitrogens with one attached hydrogen (secondary N) is 1. The Kier molecular flexibility index (Phi) is 3.56. The van der Waals surface area contributed by atoms with Crippen molar-refractivity contribution in [2.75, 3.05) is 19.7 Å². The summed E-state index contributed by atoms with van der Waals surface area (Å²) >= 11 is 3.50. The van der Waals surface area contributed by atoms with Crippen molar-refractivity contribution in [2.24, 2.45) is 5.92 Å². The second-order valence-corrected chi connectivity index (χ2v) is 4.49. The fourth-order valence-electron chi connectivity index (χ4n) is 1.42. The maximum Gasteiger partial charge on any atom is 0.0727 e. The van der Waals surface area contributed by atoms with Crippen molar-refractivity contribution >= 4 is 15.9 Å². The highest BCUT2D eigenvalue weighted by Gasteiger charge is 2.16. The standard InChI is InChI=1S/C11H14BrNO/c12-11-4-2-1-3-10(11)8-14-7-9-5-13-6-9/h1-4,9,13H,5-8H2. The van der Waals surface area contributed by atoms with Crippen LogP contribution in [0.2, 0.25) is 0 Å². The fraction of sp³-hybridized carbons (Fsp3) is 0.455. The van der Waals surface area contributed by atoms with Crippen LogP contribution in [0, 0.1) is 5.92 Å². The molecule has 2 nitrogen and oxygen atoms in total. The van der Waals surface area contributed by atoms with Crippen LogP contribution in [-0.2, 0) is 11.3 Å². The molecule has 1 heterocycles. The van der Waals surface area contributed by atoms with E-state index in [9.17, 15) is 0 Å². The molecule has 1 saturated heterocycles. The van der Waals surface area contributed by atoms with Gasteiger partial charge in [-0.1, -0.05) is 34.1 Å². The van der Waals surface area contributed by atoms with E-state index in [1.54, 1.807) is 0 Å². The molecule has 0 aliphatic carbocycles. The first-order valence-corrected chi connectivity index (χ1v) is 5.67. The highest BCUT2D eigenvalue weighted by Crippen LogP contribution is 2.17. The predicted octanol–water partition coefficient (Wildman–Crippen LogP) is 2.19. The fourth-order valence-corrected chi connectivity index (χ4v) is 1.82. The van der Waals surface area contributed by atoms with Gasteiger partial charge in [0.15, 0.2) is 0 Å². The van der Waals surface area contributed by atoms with Gasteiger partial charge in [-0.3, -0.25) is 0 Å². The first kappa shape index (κ1) is 10.1. The van der Waals surface area contributed by atoms with Crippen molar-refractivity contribution in [1.82, 2.24) is 5.32 Å². The van der Waals surface area contributed by atoms with Gasteiger partial charge in [0.2, 0.25) is 0 Å². The quantitative estimate of drug-likeness (QED) is 0.891. The van der Waals surface area contributed by atoms with Crippen molar-refractivity contribution in [3.05, 3.63) is 34.3 Å². The Morgan fingerprint density at radius 3 is 2.79 bits per heavy atom. The molecule has 0 bridgehead atoms. The maximum atomic E-state index is 5.63. The van der Waals surface area contributed by atoms with E-state index >= 15 is 0 Å². The minimum Gasteiger partial charge on any atom is -0.376 e. The number of ether oxygens (including phenoxy) is 1. The van der Waals surface area contributed by atoms with Crippen LogP contribution in [0.1, 0.15) is 5.56 Å². The van der Waals surface area contributed by atoms with Crippen LogP contribution in [0.5, 0.6) is 0 Å². The zero-order valence-corrected chi connectivity index (χ0v) is 9.59. The van der Waals surface area contributed by atoms with E-state index in [1.165, 1.54) is 5.56 Å². The monoisotopic (exact) mass is 255 g/mol. The molecule has 1 aromatic rings. The molecule has 1 fully saturated rings. The average molecular weight is 256 g/mol. The molecule has 1 N–H and O–H groups in total. The third-order valence-electron chi connectivity index (χ3n) is 2.43. The van der Waals surface area contributed by atoms with E-state index in [4.69, 9.17) is 4.74 Å². The Bertz CT molecular complexity index is 299. The third kappa shape index (κ3) is 2.56. The molecule has 0 unspecified atom stereocenters. The minimum atomic E-state index is 0.706. The maximum absolute atomic E-state index is 5.63. The summed E-state index contributed by atoms with van der Waals surface area (Å²) in [6.07, 6.45) is 0. The van der Waals surface area contributed by atoms with E-state index in [2.05, 4.69) is 27.3 Å². The molecule has 3 heteroatoms. The molecule has 14 heavy (non-hydrogen) atoms. The first-order chi connectivity index (χ1) is 6.86. The Balaban J connectivity index is 1.76. The van der Waals surface area contributed by atoms with Crippen LogP contribution in [0.3, 0.4) is 0 Å². The topological polar surface area (TPSA) is 21.3 Å². The van der Waals surface area contributed by atoms with E-state index in [-0.39, 0.29) is 0 Å². The summed E-state index contributed by atoms with van der Waals surface area (Å²) in [6.45, 7) is 3.79. The van der Waals surface area contributed by atoms with Gasteiger partial charge in [0.1, 0.15) is 0 Å². The van der Waals surface area contributed by atoms with Crippen molar-refractivity contribution < 1.29 is 4.74 Å². The number of rotatable bonds is 4. The number of halogens is 1. The van der Waals surface area contributed by atoms with Crippen LogP contribution in [0.25, 0.3) is 0 Å². The summed E-state index contributed by atoms with van der Waals surface area (Å²) in [5.74, 6) is 0.720. The molecule has 0 amide bonds. The molecule has 2 rings (SSSR count). The summed E-state index contributed by atoms with van der Waals surface area (Å²) in [5.41, 5.74) is 1.22. The van der Waals surface area contributed by atoms with E-state index in [1.807, 2.05) is 18.2 Å². The van der Waals surface area contributed by atoms with Crippen LogP contribution in [-0.4, -0.2) is 19.7 Å². The van der Waals surface area contributed by atoms with Gasteiger partial charge in [0.25, 0.3) is 0 Å². The second-order valence-electron chi connectivity index (χ2n) is 3.63. The summed E-state index contributed by atoms with van der Waals surface area (Å²) in [7, 11) is 0. The lowest BCUT2D eigenvalue weighted by molar-refractivity contribution is 0.0686. The lowest BCUT2D eigenvalue weighted by Crippen LogP contribution is -2.44. The van der Waals surface area contributed by atoms with Crippen LogP contribution in [0.15, 0.2) is 28.7 Å². The largest absolute Gasteiger partial charge is 0.376 e. The molecular weight excluding hydrogens is 242 g/mol. The smallest absolute Gasteiger partial charge is 0.0727 e. The number of benzene rings is 1. The van der Waals surface area contributed by atoms with E-state index in [0.29, 0.717) is 6.61 Å². The molecule has 1 aliphatic rings. The summed E-state index contributed by atoms with van der Waals surface area (Å²) in [4.78, 5) is 0. The molecule has 0 saturated carbocycles. The predicted molar refractivity (Wildman–Crippen MR) is 60.2 cm³/mol. The van der Waals surface area contributed by atoms with Gasteiger partial charge in [-0.2, -0.15) is 0 Å². The Labute approximate surface area is 92.8 Å². The van der Waals surface area contributed by atoms with Crippen molar-refractivity contribution in [1.29, 1.82) is 0 Å². The number of hydrogen-bond donors (Lipinski definition) is 1. The van der Waals surface area contributed by atoms with Gasteiger partial charge in [0.05, 0.1) is 13.2 Å². The van der Waals surface area contributed by atoms with Crippen LogP contribution in [0.4, 0.5) is 0 Å². The van der Waals surface area contributed by atoms with E-state index < -0.39 is 0 Å². The molecule has 0 aromatic heterocycles. The van der Waals surface area contributed by atoms with Gasteiger partial charge in [-0.25, -0.2) is 0 Å². The minimum absolute atomic E-state index is 0.706. The summed E-state index contributed by atoms with van der Waals surface area (Å²) in [5, 5.41) is 3.23. The zero-order valence-electron chi connectivity index (χ0n) is 8.00. The van der Waals surface area contributed by atoms with Gasteiger partial charge < -0.3 is 10.1 Å². The highest BCUT2D eigenvalue weighted by atomic mass is 79.9. The van der Waals surface area contributed by atoms with Gasteiger partial charge in [-0.05, 0) is 11.6 Å². The van der Waals surface area contributed by atoms with Crippen molar-refractivity contribution in [3.63, 3.8) is 0 Å². The molecule has 0 spiro atoms. The molecule has 1 aliphatic heterocycles. The van der Waals surface area contributed by atoms with E-state index in [0.717, 1.165) is 30.1 Å². The Hall–Kier alpha value is -0.380. The third-order valence-corrected chi connectivity index (χ3v) is 3.21. The van der Waals surface area contributed by atoms with Gasteiger partial charge >= 0.3 is 0 Å². The van der Waals surface area contributed by atoms with Gasteiger partial charge in [-0.15, -0.1) is 0 Å². The van der Waals surface area contributed by atoms with Crippen molar-refractivity contribution in [3.8, 4) is 0 Å². The Morgan fingerprint density at radius 2 is 2.14 bits per heavy atom. The lowest BCUT2D eigenvalue weighted by atomic mass is 10.1. The summed E-state index contributed by atoms with van der Waals surface area (Å²) < 4.78 is 6.77. The normalized spacial score (nSPS) is 16.6. The van der Waals surface area contributed by atoms with Gasteiger partial charge in [0, 0.05) is 23.5 Å². The highest BCUT2D eigenvalue weighted by molar-refractivity contribution is 9.10. The molecule has 0 radical (unpaired) electrons. The molecular formula is C11H14BrNO. The summed E-state index contributed by atoms with van der Waals surface area (Å²) in [6, 6.07) is 8.19. The van der Waals surface area contributed by atoms with Crippen LogP contribution >= 0.6 is 15.9 Å². The first-order valence-electron chi connectivity index (χ1n) is 4.88. The average Bonchev–Trinajstić information content (AvgIpc) is 2.12. The molecule has 76 valence electrons. The number of hydrogen-bond acceptors (Lipinski definition) is 2. The SMILES string of the molecule is Brc1ccccc1COCC1CNC1. The second kappa shape index (κ2) is 4.91. The Morgan fingerprint density at radius 1 is 1.36 bits per heavy atom. The zero-order chi connectivity index (χ0) is 9.80. The van der Waals surface area contributed by atoms with Crippen molar-refractivity contribution in [2.45, 2.75) is 6.61 Å². The molecule has 1 aromatic carbocycles.